The second kappa shape index (κ2) is 7.53. The van der Waals surface area contributed by atoms with Crippen molar-refractivity contribution in [2.24, 2.45) is 0 Å². The molecule has 0 saturated carbocycles. The largest absolute Gasteiger partial charge is 0.455 e. The highest BCUT2D eigenvalue weighted by atomic mass is 79.9. The Kier molecular flexibility index (Phi) is 5.19. The van der Waals surface area contributed by atoms with Crippen LogP contribution in [0.3, 0.4) is 0 Å². The van der Waals surface area contributed by atoms with E-state index in [9.17, 15) is 4.79 Å². The van der Waals surface area contributed by atoms with Crippen LogP contribution in [0.4, 0.5) is 5.69 Å². The number of hydrogen-bond donors (Lipinski definition) is 2. The third kappa shape index (κ3) is 3.91. The fraction of sp³-hybridized carbons (Fsp3) is 0.158. The molecule has 6 heteroatoms. The van der Waals surface area contributed by atoms with Crippen LogP contribution in [0, 0.1) is 0 Å². The second-order valence-corrected chi connectivity index (χ2v) is 6.61. The van der Waals surface area contributed by atoms with Gasteiger partial charge in [-0.05, 0) is 46.1 Å². The van der Waals surface area contributed by atoms with Crippen molar-refractivity contribution in [3.63, 3.8) is 0 Å². The summed E-state index contributed by atoms with van der Waals surface area (Å²) in [7, 11) is 0. The summed E-state index contributed by atoms with van der Waals surface area (Å²) in [5, 5.41) is 9.89. The van der Waals surface area contributed by atoms with Crippen LogP contribution >= 0.6 is 15.9 Å². The minimum atomic E-state index is -0.306. The van der Waals surface area contributed by atoms with E-state index in [1.54, 1.807) is 6.07 Å². The van der Waals surface area contributed by atoms with Crippen LogP contribution in [0.15, 0.2) is 59.1 Å². The van der Waals surface area contributed by atoms with Crippen molar-refractivity contribution in [3.05, 3.63) is 70.5 Å². The molecule has 0 aliphatic heterocycles. The zero-order valence-electron chi connectivity index (χ0n) is 13.9. The van der Waals surface area contributed by atoms with Gasteiger partial charge in [0.1, 0.15) is 5.75 Å². The van der Waals surface area contributed by atoms with E-state index in [-0.39, 0.29) is 11.8 Å². The summed E-state index contributed by atoms with van der Waals surface area (Å²) < 4.78 is 6.55. The van der Waals surface area contributed by atoms with E-state index in [0.717, 1.165) is 5.69 Å². The van der Waals surface area contributed by atoms with Gasteiger partial charge in [-0.25, -0.2) is 0 Å². The molecule has 25 heavy (non-hydrogen) atoms. The van der Waals surface area contributed by atoms with Gasteiger partial charge >= 0.3 is 0 Å². The summed E-state index contributed by atoms with van der Waals surface area (Å²) in [5.41, 5.74) is 1.79. The number of carbonyl (C=O) groups excluding carboxylic acids is 1. The van der Waals surface area contributed by atoms with E-state index in [0.29, 0.717) is 27.4 Å². The van der Waals surface area contributed by atoms with Crippen molar-refractivity contribution < 1.29 is 9.53 Å². The van der Waals surface area contributed by atoms with Crippen LogP contribution < -0.4 is 10.1 Å². The van der Waals surface area contributed by atoms with Crippen molar-refractivity contribution in [3.8, 4) is 11.5 Å². The van der Waals surface area contributed by atoms with Gasteiger partial charge in [0, 0.05) is 0 Å². The lowest BCUT2D eigenvalue weighted by Gasteiger charge is -2.11. The topological polar surface area (TPSA) is 67.0 Å². The lowest BCUT2D eigenvalue weighted by Crippen LogP contribution is -2.13. The van der Waals surface area contributed by atoms with Gasteiger partial charge in [0.15, 0.2) is 11.4 Å². The fourth-order valence-electron chi connectivity index (χ4n) is 2.33. The maximum absolute atomic E-state index is 12.6. The van der Waals surface area contributed by atoms with Gasteiger partial charge in [0.2, 0.25) is 0 Å². The number of rotatable bonds is 5. The molecule has 0 atom stereocenters. The fourth-order valence-corrected chi connectivity index (χ4v) is 3.15. The first-order valence-corrected chi connectivity index (χ1v) is 8.72. The number of ether oxygens (including phenoxy) is 1. The quantitative estimate of drug-likeness (QED) is 0.608. The number of amides is 1. The van der Waals surface area contributed by atoms with Crippen LogP contribution in [-0.4, -0.2) is 16.1 Å². The molecule has 0 radical (unpaired) electrons. The molecule has 0 aliphatic rings. The molecule has 0 fully saturated rings. The lowest BCUT2D eigenvalue weighted by molar-refractivity contribution is 0.102. The Hall–Kier alpha value is -2.60. The molecule has 3 rings (SSSR count). The van der Waals surface area contributed by atoms with Crippen LogP contribution in [0.2, 0.25) is 0 Å². The highest BCUT2D eigenvalue weighted by Crippen LogP contribution is 2.31. The van der Waals surface area contributed by atoms with Crippen LogP contribution in [0.5, 0.6) is 11.5 Å². The maximum Gasteiger partial charge on any atom is 0.277 e. The van der Waals surface area contributed by atoms with Crippen molar-refractivity contribution in [2.45, 2.75) is 19.8 Å². The zero-order chi connectivity index (χ0) is 17.8. The molecular formula is C19H18BrN3O2. The van der Waals surface area contributed by atoms with Gasteiger partial charge in [0.05, 0.1) is 15.9 Å². The van der Waals surface area contributed by atoms with E-state index < -0.39 is 0 Å². The van der Waals surface area contributed by atoms with E-state index in [2.05, 4.69) is 31.4 Å². The number of halogens is 1. The smallest absolute Gasteiger partial charge is 0.277 e. The average Bonchev–Trinajstić information content (AvgIpc) is 2.99. The number of nitrogens with zero attached hydrogens (tertiary/aromatic N) is 1. The van der Waals surface area contributed by atoms with E-state index in [4.69, 9.17) is 4.74 Å². The Morgan fingerprint density at radius 3 is 2.48 bits per heavy atom. The molecule has 3 aromatic rings. The molecule has 0 saturated heterocycles. The summed E-state index contributed by atoms with van der Waals surface area (Å²) in [5.74, 6) is 1.20. The standard InChI is InChI=1S/C19H18BrN3O2/c1-12(2)17-16(20)18(23-22-17)19(24)21-14-10-6-7-11-15(14)25-13-8-4-3-5-9-13/h3-12H,1-2H3,(H,21,24)(H,22,23). The number of nitrogens with one attached hydrogen (secondary N) is 2. The number of anilines is 1. The van der Waals surface area contributed by atoms with Gasteiger partial charge in [-0.1, -0.05) is 44.2 Å². The molecule has 0 bridgehead atoms. The van der Waals surface area contributed by atoms with Crippen molar-refractivity contribution >= 4 is 27.5 Å². The molecule has 1 heterocycles. The summed E-state index contributed by atoms with van der Waals surface area (Å²) >= 11 is 3.45. The Morgan fingerprint density at radius 1 is 1.12 bits per heavy atom. The molecule has 1 amide bonds. The second-order valence-electron chi connectivity index (χ2n) is 5.82. The minimum Gasteiger partial charge on any atom is -0.455 e. The molecule has 5 nitrogen and oxygen atoms in total. The van der Waals surface area contributed by atoms with Gasteiger partial charge in [0.25, 0.3) is 5.91 Å². The molecular weight excluding hydrogens is 382 g/mol. The molecule has 1 aromatic heterocycles. The Bertz CT molecular complexity index is 875. The molecule has 0 unspecified atom stereocenters. The Balaban J connectivity index is 1.82. The van der Waals surface area contributed by atoms with E-state index in [1.165, 1.54) is 0 Å². The minimum absolute atomic E-state index is 0.233. The number of H-pyrrole nitrogens is 1. The van der Waals surface area contributed by atoms with Gasteiger partial charge in [-0.3, -0.25) is 9.89 Å². The third-order valence-corrected chi connectivity index (χ3v) is 4.43. The molecule has 2 N–H and O–H groups in total. The van der Waals surface area contributed by atoms with Gasteiger partial charge < -0.3 is 10.1 Å². The molecule has 128 valence electrons. The Labute approximate surface area is 154 Å². The van der Waals surface area contributed by atoms with Gasteiger partial charge in [-0.2, -0.15) is 5.10 Å². The van der Waals surface area contributed by atoms with Crippen molar-refractivity contribution in [1.29, 1.82) is 0 Å². The zero-order valence-corrected chi connectivity index (χ0v) is 15.5. The van der Waals surface area contributed by atoms with E-state index in [1.807, 2.05) is 62.4 Å². The number of carbonyl (C=O) groups is 1. The molecule has 2 aromatic carbocycles. The number of benzene rings is 2. The van der Waals surface area contributed by atoms with Crippen LogP contribution in [0.25, 0.3) is 0 Å². The monoisotopic (exact) mass is 399 g/mol. The summed E-state index contributed by atoms with van der Waals surface area (Å²) in [6.07, 6.45) is 0. The first-order valence-electron chi connectivity index (χ1n) is 7.93. The predicted octanol–water partition coefficient (Wildman–Crippen LogP) is 5.34. The number of hydrogen-bond acceptors (Lipinski definition) is 3. The third-order valence-electron chi connectivity index (χ3n) is 3.63. The summed E-state index contributed by atoms with van der Waals surface area (Å²) in [6, 6.07) is 16.7. The van der Waals surface area contributed by atoms with Crippen molar-refractivity contribution in [2.75, 3.05) is 5.32 Å². The van der Waals surface area contributed by atoms with Crippen molar-refractivity contribution in [1.82, 2.24) is 10.2 Å². The SMILES string of the molecule is CC(C)c1[nH]nc(C(=O)Nc2ccccc2Oc2ccccc2)c1Br. The predicted molar refractivity (Wildman–Crippen MR) is 101 cm³/mol. The molecule has 0 spiro atoms. The van der Waals surface area contributed by atoms with Crippen LogP contribution in [0.1, 0.15) is 35.9 Å². The highest BCUT2D eigenvalue weighted by Gasteiger charge is 2.20. The summed E-state index contributed by atoms with van der Waals surface area (Å²) in [4.78, 5) is 12.6. The Morgan fingerprint density at radius 2 is 1.80 bits per heavy atom. The number of aromatic nitrogens is 2. The first-order chi connectivity index (χ1) is 12.1. The summed E-state index contributed by atoms with van der Waals surface area (Å²) in [6.45, 7) is 4.06. The van der Waals surface area contributed by atoms with Crippen LogP contribution in [-0.2, 0) is 0 Å². The lowest BCUT2D eigenvalue weighted by atomic mass is 10.1. The number of para-hydroxylation sites is 3. The average molecular weight is 400 g/mol. The number of aromatic amines is 1. The normalized spacial score (nSPS) is 10.7. The first kappa shape index (κ1) is 17.2. The maximum atomic E-state index is 12.6. The highest BCUT2D eigenvalue weighted by molar-refractivity contribution is 9.10. The van der Waals surface area contributed by atoms with Gasteiger partial charge in [-0.15, -0.1) is 0 Å². The molecule has 0 aliphatic carbocycles. The van der Waals surface area contributed by atoms with E-state index >= 15 is 0 Å².